The molecule has 24 heavy (non-hydrogen) atoms. The van der Waals surface area contributed by atoms with Crippen molar-refractivity contribution >= 4 is 23.5 Å². The Morgan fingerprint density at radius 3 is 2.50 bits per heavy atom. The van der Waals surface area contributed by atoms with Gasteiger partial charge in [-0.2, -0.15) is 8.75 Å². The molecule has 8 heteroatoms. The van der Waals surface area contributed by atoms with Gasteiger partial charge in [-0.05, 0) is 45.0 Å². The van der Waals surface area contributed by atoms with E-state index in [2.05, 4.69) is 19.4 Å². The average molecular weight is 348 g/mol. The van der Waals surface area contributed by atoms with Crippen LogP contribution in [0.15, 0.2) is 24.3 Å². The molecule has 7 nitrogen and oxygen atoms in total. The second-order valence-corrected chi connectivity index (χ2v) is 6.04. The molecule has 2 N–H and O–H groups in total. The van der Waals surface area contributed by atoms with E-state index >= 15 is 0 Å². The summed E-state index contributed by atoms with van der Waals surface area (Å²) >= 11 is 1.15. The highest BCUT2D eigenvalue weighted by atomic mass is 32.1. The largest absolute Gasteiger partial charge is 0.487 e. The number of ether oxygens (including phenoxy) is 1. The van der Waals surface area contributed by atoms with Crippen LogP contribution in [0.1, 0.15) is 35.6 Å². The van der Waals surface area contributed by atoms with E-state index < -0.39 is 0 Å². The lowest BCUT2D eigenvalue weighted by atomic mass is 10.2. The molecule has 0 saturated carbocycles. The quantitative estimate of drug-likeness (QED) is 0.794. The number of aryl methyl sites for hydroxylation is 1. The first-order valence-corrected chi connectivity index (χ1v) is 8.27. The number of benzene rings is 1. The second kappa shape index (κ2) is 8.39. The third kappa shape index (κ3) is 5.31. The van der Waals surface area contributed by atoms with Crippen molar-refractivity contribution in [2.75, 3.05) is 6.54 Å². The van der Waals surface area contributed by atoms with Crippen LogP contribution in [-0.4, -0.2) is 33.1 Å². The summed E-state index contributed by atoms with van der Waals surface area (Å²) in [5.74, 6) is 0.113. The van der Waals surface area contributed by atoms with Crippen molar-refractivity contribution in [2.45, 2.75) is 33.4 Å². The van der Waals surface area contributed by atoms with E-state index in [0.717, 1.165) is 23.1 Å². The SMILES string of the molecule is Cc1nsnc1COc1ccc(C(=O)NCC(=O)NC(C)C)cc1. The van der Waals surface area contributed by atoms with Crippen molar-refractivity contribution in [3.05, 3.63) is 41.2 Å². The smallest absolute Gasteiger partial charge is 0.251 e. The first-order valence-electron chi connectivity index (χ1n) is 7.54. The number of amides is 2. The van der Waals surface area contributed by atoms with Gasteiger partial charge in [-0.1, -0.05) is 0 Å². The van der Waals surface area contributed by atoms with Crippen LogP contribution in [-0.2, 0) is 11.4 Å². The van der Waals surface area contributed by atoms with Gasteiger partial charge in [0.05, 0.1) is 24.0 Å². The molecule has 128 valence electrons. The summed E-state index contributed by atoms with van der Waals surface area (Å²) in [6.07, 6.45) is 0. The van der Waals surface area contributed by atoms with Crippen molar-refractivity contribution in [1.29, 1.82) is 0 Å². The van der Waals surface area contributed by atoms with E-state index in [1.807, 2.05) is 20.8 Å². The maximum Gasteiger partial charge on any atom is 0.251 e. The summed E-state index contributed by atoms with van der Waals surface area (Å²) in [6.45, 7) is 5.89. The summed E-state index contributed by atoms with van der Waals surface area (Å²) in [5, 5.41) is 5.29. The molecule has 1 aromatic carbocycles. The Labute approximate surface area is 144 Å². The molecule has 0 radical (unpaired) electrons. The van der Waals surface area contributed by atoms with Gasteiger partial charge in [0.2, 0.25) is 5.91 Å². The van der Waals surface area contributed by atoms with E-state index in [-0.39, 0.29) is 24.4 Å². The predicted octanol–water partition coefficient (Wildman–Crippen LogP) is 1.68. The number of hydrogen-bond donors (Lipinski definition) is 2. The fourth-order valence-corrected chi connectivity index (χ4v) is 2.42. The lowest BCUT2D eigenvalue weighted by Crippen LogP contribution is -2.39. The van der Waals surface area contributed by atoms with Crippen LogP contribution in [0.2, 0.25) is 0 Å². The number of nitrogens with zero attached hydrogens (tertiary/aromatic N) is 2. The highest BCUT2D eigenvalue weighted by Gasteiger charge is 2.09. The minimum absolute atomic E-state index is 0.0439. The van der Waals surface area contributed by atoms with Gasteiger partial charge in [-0.15, -0.1) is 0 Å². The molecule has 2 aromatic rings. The Morgan fingerprint density at radius 1 is 1.21 bits per heavy atom. The zero-order valence-corrected chi connectivity index (χ0v) is 14.6. The van der Waals surface area contributed by atoms with Crippen molar-refractivity contribution < 1.29 is 14.3 Å². The van der Waals surface area contributed by atoms with E-state index in [1.165, 1.54) is 0 Å². The summed E-state index contributed by atoms with van der Waals surface area (Å²) in [5.41, 5.74) is 2.12. The number of hydrogen-bond acceptors (Lipinski definition) is 6. The molecule has 0 aliphatic heterocycles. The van der Waals surface area contributed by atoms with Crippen molar-refractivity contribution in [3.63, 3.8) is 0 Å². The molecule has 2 amide bonds. The van der Waals surface area contributed by atoms with Crippen LogP contribution in [0.4, 0.5) is 0 Å². The van der Waals surface area contributed by atoms with Gasteiger partial charge >= 0.3 is 0 Å². The topological polar surface area (TPSA) is 93.2 Å². The Morgan fingerprint density at radius 2 is 1.92 bits per heavy atom. The van der Waals surface area contributed by atoms with Gasteiger partial charge in [0.25, 0.3) is 5.91 Å². The highest BCUT2D eigenvalue weighted by Crippen LogP contribution is 2.15. The fourth-order valence-electron chi connectivity index (χ4n) is 1.87. The van der Waals surface area contributed by atoms with Gasteiger partial charge < -0.3 is 15.4 Å². The minimum atomic E-state index is -0.306. The average Bonchev–Trinajstić information content (AvgIpc) is 2.95. The van der Waals surface area contributed by atoms with Crippen LogP contribution < -0.4 is 15.4 Å². The van der Waals surface area contributed by atoms with Crippen LogP contribution in [0.5, 0.6) is 5.75 Å². The molecule has 2 rings (SSSR count). The third-order valence-electron chi connectivity index (χ3n) is 3.10. The number of carbonyl (C=O) groups is 2. The Balaban J connectivity index is 1.83. The number of nitrogens with one attached hydrogen (secondary N) is 2. The van der Waals surface area contributed by atoms with Gasteiger partial charge in [0.1, 0.15) is 18.1 Å². The molecule has 0 unspecified atom stereocenters. The van der Waals surface area contributed by atoms with Crippen molar-refractivity contribution in [2.24, 2.45) is 0 Å². The lowest BCUT2D eigenvalue weighted by molar-refractivity contribution is -0.120. The minimum Gasteiger partial charge on any atom is -0.487 e. The maximum atomic E-state index is 12.0. The number of carbonyl (C=O) groups excluding carboxylic acids is 2. The van der Waals surface area contributed by atoms with E-state index in [4.69, 9.17) is 4.74 Å². The molecule has 0 bridgehead atoms. The number of aromatic nitrogens is 2. The van der Waals surface area contributed by atoms with Gasteiger partial charge in [-0.25, -0.2) is 0 Å². The van der Waals surface area contributed by atoms with Crippen LogP contribution in [0, 0.1) is 6.92 Å². The first kappa shape index (κ1) is 17.9. The van der Waals surface area contributed by atoms with Crippen LogP contribution >= 0.6 is 11.7 Å². The van der Waals surface area contributed by atoms with Gasteiger partial charge in [0, 0.05) is 11.6 Å². The molecule has 0 aliphatic carbocycles. The molecule has 0 saturated heterocycles. The summed E-state index contributed by atoms with van der Waals surface area (Å²) in [6, 6.07) is 6.76. The number of rotatable bonds is 7. The first-order chi connectivity index (χ1) is 11.5. The van der Waals surface area contributed by atoms with Gasteiger partial charge in [-0.3, -0.25) is 9.59 Å². The molecule has 0 aliphatic rings. The maximum absolute atomic E-state index is 12.0. The monoisotopic (exact) mass is 348 g/mol. The molecule has 1 aromatic heterocycles. The third-order valence-corrected chi connectivity index (χ3v) is 3.76. The van der Waals surface area contributed by atoms with E-state index in [1.54, 1.807) is 24.3 Å². The molecular formula is C16H20N4O3S. The van der Waals surface area contributed by atoms with E-state index in [9.17, 15) is 9.59 Å². The molecule has 0 fully saturated rings. The summed E-state index contributed by atoms with van der Waals surface area (Å²) < 4.78 is 13.8. The fraction of sp³-hybridized carbons (Fsp3) is 0.375. The normalized spacial score (nSPS) is 10.5. The Kier molecular flexibility index (Phi) is 6.25. The Hall–Kier alpha value is -2.48. The Bertz CT molecular complexity index is 698. The zero-order valence-electron chi connectivity index (χ0n) is 13.8. The highest BCUT2D eigenvalue weighted by molar-refractivity contribution is 6.99. The second-order valence-electron chi connectivity index (χ2n) is 5.51. The molecular weight excluding hydrogens is 328 g/mol. The predicted molar refractivity (Wildman–Crippen MR) is 91.0 cm³/mol. The van der Waals surface area contributed by atoms with Crippen molar-refractivity contribution in [1.82, 2.24) is 19.4 Å². The van der Waals surface area contributed by atoms with Crippen LogP contribution in [0.3, 0.4) is 0 Å². The molecule has 1 heterocycles. The van der Waals surface area contributed by atoms with Crippen LogP contribution in [0.25, 0.3) is 0 Å². The van der Waals surface area contributed by atoms with Crippen molar-refractivity contribution in [3.8, 4) is 5.75 Å². The van der Waals surface area contributed by atoms with E-state index in [0.29, 0.717) is 17.9 Å². The van der Waals surface area contributed by atoms with Gasteiger partial charge in [0.15, 0.2) is 0 Å². The molecule has 0 atom stereocenters. The lowest BCUT2D eigenvalue weighted by Gasteiger charge is -2.10. The molecule has 0 spiro atoms. The zero-order chi connectivity index (χ0) is 17.5. The standard InChI is InChI=1S/C16H20N4O3S/c1-10(2)18-15(21)8-17-16(22)12-4-6-13(7-5-12)23-9-14-11(3)19-24-20-14/h4-7,10H,8-9H2,1-3H3,(H,17,22)(H,18,21). The summed E-state index contributed by atoms with van der Waals surface area (Å²) in [4.78, 5) is 23.5. The summed E-state index contributed by atoms with van der Waals surface area (Å²) in [7, 11) is 0.